The van der Waals surface area contributed by atoms with Crippen molar-refractivity contribution >= 4 is 5.78 Å². The van der Waals surface area contributed by atoms with Crippen molar-refractivity contribution in [1.29, 1.82) is 0 Å². The lowest BCUT2D eigenvalue weighted by Crippen LogP contribution is -2.46. The molecule has 1 fully saturated rings. The number of halogens is 3. The summed E-state index contributed by atoms with van der Waals surface area (Å²) in [7, 11) is 0. The van der Waals surface area contributed by atoms with Gasteiger partial charge in [0.2, 0.25) is 0 Å². The van der Waals surface area contributed by atoms with E-state index in [4.69, 9.17) is 4.74 Å². The van der Waals surface area contributed by atoms with Crippen LogP contribution in [0.5, 0.6) is 0 Å². The maximum Gasteiger partial charge on any atom is 0.389 e. The quantitative estimate of drug-likeness (QED) is 0.750. The summed E-state index contributed by atoms with van der Waals surface area (Å²) in [6, 6.07) is 0. The third-order valence-electron chi connectivity index (χ3n) is 2.70. The lowest BCUT2D eigenvalue weighted by molar-refractivity contribution is -0.151. The summed E-state index contributed by atoms with van der Waals surface area (Å²) in [6.07, 6.45) is -5.53. The van der Waals surface area contributed by atoms with Crippen LogP contribution in [-0.2, 0) is 9.53 Å². The van der Waals surface area contributed by atoms with E-state index in [2.05, 4.69) is 4.90 Å². The van der Waals surface area contributed by atoms with Gasteiger partial charge in [0, 0.05) is 19.5 Å². The minimum Gasteiger partial charge on any atom is -0.368 e. The Morgan fingerprint density at radius 1 is 1.47 bits per heavy atom. The van der Waals surface area contributed by atoms with Gasteiger partial charge in [0.25, 0.3) is 0 Å². The van der Waals surface area contributed by atoms with Crippen molar-refractivity contribution in [2.24, 2.45) is 0 Å². The van der Waals surface area contributed by atoms with Crippen molar-refractivity contribution in [2.45, 2.75) is 38.5 Å². The first-order valence-electron chi connectivity index (χ1n) is 5.86. The summed E-state index contributed by atoms with van der Waals surface area (Å²) in [5, 5.41) is 0. The summed E-state index contributed by atoms with van der Waals surface area (Å²) in [6.45, 7) is 4.46. The Morgan fingerprint density at radius 3 is 2.76 bits per heavy atom. The molecule has 1 aliphatic rings. The molecule has 1 unspecified atom stereocenters. The van der Waals surface area contributed by atoms with E-state index in [0.29, 0.717) is 13.2 Å². The number of alkyl halides is 3. The number of nitrogens with zero attached hydrogens (tertiary/aromatic N) is 1. The van der Waals surface area contributed by atoms with E-state index < -0.39 is 30.9 Å². The summed E-state index contributed by atoms with van der Waals surface area (Å²) >= 11 is 0. The van der Waals surface area contributed by atoms with Crippen LogP contribution in [0.1, 0.15) is 26.2 Å². The van der Waals surface area contributed by atoms with Crippen LogP contribution in [0.15, 0.2) is 0 Å². The van der Waals surface area contributed by atoms with Crippen LogP contribution in [0.3, 0.4) is 0 Å². The average molecular weight is 253 g/mol. The normalized spacial score (nSPS) is 22.7. The van der Waals surface area contributed by atoms with Crippen molar-refractivity contribution < 1.29 is 22.7 Å². The summed E-state index contributed by atoms with van der Waals surface area (Å²) in [4.78, 5) is 13.6. The fraction of sp³-hybridized carbons (Fsp3) is 0.909. The van der Waals surface area contributed by atoms with Gasteiger partial charge in [0.15, 0.2) is 5.78 Å². The number of rotatable bonds is 5. The molecule has 0 aromatic heterocycles. The topological polar surface area (TPSA) is 29.5 Å². The number of hydrogen-bond donors (Lipinski definition) is 0. The zero-order valence-electron chi connectivity index (χ0n) is 9.92. The minimum atomic E-state index is -4.27. The van der Waals surface area contributed by atoms with E-state index in [9.17, 15) is 18.0 Å². The SMILES string of the molecule is CCCN1CCOC(C(=O)CCC(F)(F)F)C1. The fourth-order valence-corrected chi connectivity index (χ4v) is 1.84. The molecule has 0 aliphatic carbocycles. The lowest BCUT2D eigenvalue weighted by Gasteiger charge is -2.31. The maximum absolute atomic E-state index is 12.0. The lowest BCUT2D eigenvalue weighted by atomic mass is 10.1. The van der Waals surface area contributed by atoms with Gasteiger partial charge in [-0.25, -0.2) is 0 Å². The van der Waals surface area contributed by atoms with Crippen LogP contribution in [0, 0.1) is 0 Å². The highest BCUT2D eigenvalue weighted by Gasteiger charge is 2.31. The van der Waals surface area contributed by atoms with E-state index in [1.165, 1.54) is 0 Å². The zero-order chi connectivity index (χ0) is 12.9. The van der Waals surface area contributed by atoms with Gasteiger partial charge >= 0.3 is 6.18 Å². The third kappa shape index (κ3) is 5.50. The first kappa shape index (κ1) is 14.4. The molecule has 0 amide bonds. The number of ether oxygens (including phenoxy) is 1. The number of ketones is 1. The Labute approximate surface area is 98.9 Å². The third-order valence-corrected chi connectivity index (χ3v) is 2.70. The Bertz CT molecular complexity index is 254. The Morgan fingerprint density at radius 2 is 2.18 bits per heavy atom. The van der Waals surface area contributed by atoms with Gasteiger partial charge in [0.05, 0.1) is 13.0 Å². The number of Topliss-reactive ketones (excluding diaryl/α,β-unsaturated/α-hetero) is 1. The highest BCUT2D eigenvalue weighted by molar-refractivity contribution is 5.83. The van der Waals surface area contributed by atoms with Crippen LogP contribution in [0.4, 0.5) is 13.2 Å². The first-order chi connectivity index (χ1) is 7.92. The molecule has 100 valence electrons. The summed E-state index contributed by atoms with van der Waals surface area (Å²) in [5.41, 5.74) is 0. The molecular weight excluding hydrogens is 235 g/mol. The van der Waals surface area contributed by atoms with Gasteiger partial charge in [-0.2, -0.15) is 13.2 Å². The molecule has 17 heavy (non-hydrogen) atoms. The minimum absolute atomic E-state index is 0.419. The van der Waals surface area contributed by atoms with Gasteiger partial charge < -0.3 is 4.74 Å². The predicted octanol–water partition coefficient (Wildman–Crippen LogP) is 2.01. The van der Waals surface area contributed by atoms with Crippen LogP contribution in [0.2, 0.25) is 0 Å². The van der Waals surface area contributed by atoms with Crippen molar-refractivity contribution in [1.82, 2.24) is 4.90 Å². The van der Waals surface area contributed by atoms with E-state index in [-0.39, 0.29) is 0 Å². The molecular formula is C11H18F3NO2. The van der Waals surface area contributed by atoms with Gasteiger partial charge in [-0.15, -0.1) is 0 Å². The molecule has 0 bridgehead atoms. The van der Waals surface area contributed by atoms with E-state index in [1.54, 1.807) is 0 Å². The highest BCUT2D eigenvalue weighted by atomic mass is 19.4. The molecule has 6 heteroatoms. The molecule has 0 aromatic rings. The first-order valence-corrected chi connectivity index (χ1v) is 5.86. The van der Waals surface area contributed by atoms with Gasteiger partial charge in [-0.1, -0.05) is 6.92 Å². The zero-order valence-corrected chi connectivity index (χ0v) is 9.92. The molecule has 1 aliphatic heterocycles. The van der Waals surface area contributed by atoms with Crippen molar-refractivity contribution in [3.8, 4) is 0 Å². The molecule has 0 N–H and O–H groups in total. The van der Waals surface area contributed by atoms with E-state index in [0.717, 1.165) is 19.5 Å². The molecule has 1 rings (SSSR count). The van der Waals surface area contributed by atoms with Crippen LogP contribution in [-0.4, -0.2) is 49.2 Å². The standard InChI is InChI=1S/C11H18F3NO2/c1-2-5-15-6-7-17-10(8-15)9(16)3-4-11(12,13)14/h10H,2-8H2,1H3. The van der Waals surface area contributed by atoms with Crippen molar-refractivity contribution in [3.63, 3.8) is 0 Å². The Kier molecular flexibility index (Phi) is 5.39. The summed E-state index contributed by atoms with van der Waals surface area (Å²) in [5.74, 6) is -0.442. The number of carbonyl (C=O) groups excluding carboxylic acids is 1. The molecule has 0 radical (unpaired) electrons. The van der Waals surface area contributed by atoms with E-state index >= 15 is 0 Å². The Balaban J connectivity index is 2.36. The highest BCUT2D eigenvalue weighted by Crippen LogP contribution is 2.22. The van der Waals surface area contributed by atoms with Gasteiger partial charge in [-0.05, 0) is 13.0 Å². The monoisotopic (exact) mass is 253 g/mol. The second-order valence-corrected chi connectivity index (χ2v) is 4.24. The molecule has 0 saturated carbocycles. The van der Waals surface area contributed by atoms with Gasteiger partial charge in [-0.3, -0.25) is 9.69 Å². The molecule has 1 saturated heterocycles. The largest absolute Gasteiger partial charge is 0.389 e. The van der Waals surface area contributed by atoms with Crippen molar-refractivity contribution in [2.75, 3.05) is 26.2 Å². The number of hydrogen-bond acceptors (Lipinski definition) is 3. The second-order valence-electron chi connectivity index (χ2n) is 4.24. The molecule has 1 heterocycles. The number of carbonyl (C=O) groups is 1. The fourth-order valence-electron chi connectivity index (χ4n) is 1.84. The van der Waals surface area contributed by atoms with Crippen LogP contribution in [0.25, 0.3) is 0 Å². The second kappa shape index (κ2) is 6.35. The van der Waals surface area contributed by atoms with Crippen molar-refractivity contribution in [3.05, 3.63) is 0 Å². The molecule has 0 aromatic carbocycles. The summed E-state index contributed by atoms with van der Waals surface area (Å²) < 4.78 is 41.2. The van der Waals surface area contributed by atoms with Crippen LogP contribution < -0.4 is 0 Å². The molecule has 3 nitrogen and oxygen atoms in total. The smallest absolute Gasteiger partial charge is 0.368 e. The number of morpholine rings is 1. The average Bonchev–Trinajstić information content (AvgIpc) is 2.26. The van der Waals surface area contributed by atoms with E-state index in [1.807, 2.05) is 6.92 Å². The van der Waals surface area contributed by atoms with Crippen LogP contribution >= 0.6 is 0 Å². The predicted molar refractivity (Wildman–Crippen MR) is 56.8 cm³/mol. The van der Waals surface area contributed by atoms with Gasteiger partial charge in [0.1, 0.15) is 6.10 Å². The molecule has 1 atom stereocenters. The maximum atomic E-state index is 12.0. The molecule has 0 spiro atoms. The Hall–Kier alpha value is -0.620.